The van der Waals surface area contributed by atoms with Gasteiger partial charge in [0.2, 0.25) is 0 Å². The van der Waals surface area contributed by atoms with Gasteiger partial charge >= 0.3 is 5.97 Å². The molecule has 0 bridgehead atoms. The molecule has 0 heterocycles. The maximum Gasteiger partial charge on any atom is 0.339 e. The first-order valence-corrected chi connectivity index (χ1v) is 8.15. The zero-order valence-corrected chi connectivity index (χ0v) is 14.5. The van der Waals surface area contributed by atoms with Gasteiger partial charge in [-0.2, -0.15) is 0 Å². The summed E-state index contributed by atoms with van der Waals surface area (Å²) in [5.74, 6) is 0.0401. The second-order valence-corrected chi connectivity index (χ2v) is 6.16. The summed E-state index contributed by atoms with van der Waals surface area (Å²) in [6.07, 6.45) is 0. The summed E-state index contributed by atoms with van der Waals surface area (Å²) < 4.78 is 6.02. The Morgan fingerprint density at radius 3 is 2.16 bits per heavy atom. The number of carboxylic acids is 1. The second-order valence-electron chi connectivity index (χ2n) is 6.16. The van der Waals surface area contributed by atoms with Crippen LogP contribution in [0.4, 0.5) is 0 Å². The van der Waals surface area contributed by atoms with Crippen LogP contribution in [0.2, 0.25) is 0 Å². The molecular weight excluding hydrogens is 312 g/mol. The van der Waals surface area contributed by atoms with E-state index in [1.165, 1.54) is 0 Å². The van der Waals surface area contributed by atoms with Gasteiger partial charge in [-0.15, -0.1) is 0 Å². The first-order valence-electron chi connectivity index (χ1n) is 8.15. The number of benzene rings is 3. The SMILES string of the molecule is Cc1ccc(Oc2c(C)c(-c3ccccc3)cc(C)c2C(=O)O)cc1. The molecule has 0 amide bonds. The van der Waals surface area contributed by atoms with Crippen LogP contribution in [0, 0.1) is 20.8 Å². The van der Waals surface area contributed by atoms with Crippen molar-refractivity contribution < 1.29 is 14.6 Å². The molecule has 0 unspecified atom stereocenters. The van der Waals surface area contributed by atoms with Crippen LogP contribution < -0.4 is 4.74 Å². The van der Waals surface area contributed by atoms with Crippen LogP contribution in [0.15, 0.2) is 60.7 Å². The van der Waals surface area contributed by atoms with Gasteiger partial charge in [-0.05, 0) is 49.6 Å². The van der Waals surface area contributed by atoms with E-state index in [1.807, 2.05) is 74.5 Å². The van der Waals surface area contributed by atoms with E-state index in [0.717, 1.165) is 22.3 Å². The van der Waals surface area contributed by atoms with Crippen LogP contribution in [0.5, 0.6) is 11.5 Å². The highest BCUT2D eigenvalue weighted by Crippen LogP contribution is 2.38. The van der Waals surface area contributed by atoms with Crippen LogP contribution in [0.1, 0.15) is 27.0 Å². The van der Waals surface area contributed by atoms with Gasteiger partial charge in [0.25, 0.3) is 0 Å². The Hall–Kier alpha value is -3.07. The van der Waals surface area contributed by atoms with Crippen molar-refractivity contribution in [3.05, 3.63) is 82.9 Å². The Morgan fingerprint density at radius 2 is 1.56 bits per heavy atom. The summed E-state index contributed by atoms with van der Waals surface area (Å²) >= 11 is 0. The van der Waals surface area contributed by atoms with Crippen LogP contribution >= 0.6 is 0 Å². The maximum atomic E-state index is 11.8. The summed E-state index contributed by atoms with van der Waals surface area (Å²) in [7, 11) is 0. The van der Waals surface area contributed by atoms with Gasteiger partial charge < -0.3 is 9.84 Å². The Balaban J connectivity index is 2.18. The molecule has 25 heavy (non-hydrogen) atoms. The number of carbonyl (C=O) groups is 1. The van der Waals surface area contributed by atoms with Crippen molar-refractivity contribution in [2.45, 2.75) is 20.8 Å². The van der Waals surface area contributed by atoms with Gasteiger partial charge in [0.05, 0.1) is 0 Å². The lowest BCUT2D eigenvalue weighted by Gasteiger charge is -2.18. The van der Waals surface area contributed by atoms with Crippen LogP contribution in [-0.4, -0.2) is 11.1 Å². The summed E-state index contributed by atoms with van der Waals surface area (Å²) in [4.78, 5) is 11.8. The Labute approximate surface area is 147 Å². The predicted octanol–water partition coefficient (Wildman–Crippen LogP) is 5.77. The number of hydrogen-bond acceptors (Lipinski definition) is 2. The maximum absolute atomic E-state index is 11.8. The summed E-state index contributed by atoms with van der Waals surface area (Å²) in [5, 5.41) is 9.67. The molecule has 0 spiro atoms. The van der Waals surface area contributed by atoms with Crippen molar-refractivity contribution in [2.75, 3.05) is 0 Å². The lowest BCUT2D eigenvalue weighted by Crippen LogP contribution is -2.06. The van der Waals surface area contributed by atoms with Gasteiger partial charge in [0.1, 0.15) is 17.1 Å². The van der Waals surface area contributed by atoms with Crippen molar-refractivity contribution in [2.24, 2.45) is 0 Å². The number of ether oxygens (including phenoxy) is 1. The van der Waals surface area contributed by atoms with Gasteiger partial charge in [-0.25, -0.2) is 4.79 Å². The standard InChI is InChI=1S/C22H20O3/c1-14-9-11-18(12-10-14)25-21-16(3)19(17-7-5-4-6-8-17)13-15(2)20(21)22(23)24/h4-13H,1-3H3,(H,23,24). The first kappa shape index (κ1) is 16.8. The first-order chi connectivity index (χ1) is 12.0. The van der Waals surface area contributed by atoms with Crippen molar-refractivity contribution >= 4 is 5.97 Å². The third-order valence-corrected chi connectivity index (χ3v) is 4.27. The third kappa shape index (κ3) is 3.41. The van der Waals surface area contributed by atoms with Crippen molar-refractivity contribution in [1.29, 1.82) is 0 Å². The van der Waals surface area contributed by atoms with Crippen LogP contribution in [-0.2, 0) is 0 Å². The van der Waals surface area contributed by atoms with E-state index in [1.54, 1.807) is 6.92 Å². The zero-order valence-electron chi connectivity index (χ0n) is 14.5. The Bertz CT molecular complexity index is 910. The molecule has 3 aromatic carbocycles. The number of rotatable bonds is 4. The zero-order chi connectivity index (χ0) is 18.0. The number of aryl methyl sites for hydroxylation is 2. The van der Waals surface area contributed by atoms with Crippen molar-refractivity contribution in [3.63, 3.8) is 0 Å². The fourth-order valence-electron chi connectivity index (χ4n) is 2.92. The predicted molar refractivity (Wildman–Crippen MR) is 99.6 cm³/mol. The smallest absolute Gasteiger partial charge is 0.339 e. The average Bonchev–Trinajstić information content (AvgIpc) is 2.60. The minimum Gasteiger partial charge on any atom is -0.478 e. The quantitative estimate of drug-likeness (QED) is 0.660. The molecule has 3 heteroatoms. The van der Waals surface area contributed by atoms with Crippen molar-refractivity contribution in [1.82, 2.24) is 0 Å². The van der Waals surface area contributed by atoms with Crippen LogP contribution in [0.3, 0.4) is 0 Å². The molecule has 0 fully saturated rings. The molecule has 0 saturated carbocycles. The molecule has 0 radical (unpaired) electrons. The molecule has 0 aliphatic carbocycles. The molecule has 3 nitrogen and oxygen atoms in total. The van der Waals surface area contributed by atoms with E-state index in [0.29, 0.717) is 17.1 Å². The minimum atomic E-state index is -0.984. The van der Waals surface area contributed by atoms with Crippen LogP contribution in [0.25, 0.3) is 11.1 Å². The second kappa shape index (κ2) is 6.81. The molecule has 0 aliphatic rings. The molecule has 3 aromatic rings. The summed E-state index contributed by atoms with van der Waals surface area (Å²) in [5.41, 5.74) is 4.84. The lowest BCUT2D eigenvalue weighted by atomic mass is 9.93. The van der Waals surface area contributed by atoms with E-state index in [4.69, 9.17) is 4.74 Å². The molecule has 3 rings (SSSR count). The molecule has 0 saturated heterocycles. The van der Waals surface area contributed by atoms with E-state index in [-0.39, 0.29) is 5.56 Å². The number of carboxylic acid groups (broad SMARTS) is 1. The Kier molecular flexibility index (Phi) is 4.57. The van der Waals surface area contributed by atoms with E-state index >= 15 is 0 Å². The average molecular weight is 332 g/mol. The summed E-state index contributed by atoms with van der Waals surface area (Å²) in [6.45, 7) is 5.70. The molecule has 0 aromatic heterocycles. The monoisotopic (exact) mass is 332 g/mol. The number of hydrogen-bond donors (Lipinski definition) is 1. The van der Waals surface area contributed by atoms with Gasteiger partial charge in [0.15, 0.2) is 0 Å². The fourth-order valence-corrected chi connectivity index (χ4v) is 2.92. The van der Waals surface area contributed by atoms with E-state index in [2.05, 4.69) is 0 Å². The Morgan fingerprint density at radius 1 is 0.920 bits per heavy atom. The van der Waals surface area contributed by atoms with Gasteiger partial charge in [0, 0.05) is 5.56 Å². The third-order valence-electron chi connectivity index (χ3n) is 4.27. The van der Waals surface area contributed by atoms with Gasteiger partial charge in [-0.1, -0.05) is 54.1 Å². The minimum absolute atomic E-state index is 0.206. The molecular formula is C22H20O3. The highest BCUT2D eigenvalue weighted by molar-refractivity contribution is 5.95. The molecule has 126 valence electrons. The van der Waals surface area contributed by atoms with Gasteiger partial charge in [-0.3, -0.25) is 0 Å². The van der Waals surface area contributed by atoms with E-state index in [9.17, 15) is 9.90 Å². The summed E-state index contributed by atoms with van der Waals surface area (Å²) in [6, 6.07) is 19.4. The normalized spacial score (nSPS) is 10.5. The molecule has 0 aliphatic heterocycles. The lowest BCUT2D eigenvalue weighted by molar-refractivity contribution is 0.0693. The van der Waals surface area contributed by atoms with Crippen molar-refractivity contribution in [3.8, 4) is 22.6 Å². The number of aromatic carboxylic acids is 1. The van der Waals surface area contributed by atoms with E-state index < -0.39 is 5.97 Å². The highest BCUT2D eigenvalue weighted by atomic mass is 16.5. The fraction of sp³-hybridized carbons (Fsp3) is 0.136. The highest BCUT2D eigenvalue weighted by Gasteiger charge is 2.21. The topological polar surface area (TPSA) is 46.5 Å². The molecule has 0 atom stereocenters. The largest absolute Gasteiger partial charge is 0.478 e. The molecule has 1 N–H and O–H groups in total.